The van der Waals surface area contributed by atoms with Gasteiger partial charge in [0.25, 0.3) is 0 Å². The number of halogens is 2. The molecule has 0 bridgehead atoms. The Morgan fingerprint density at radius 3 is 2.33 bits per heavy atom. The Balaban J connectivity index is 0.000000196. The van der Waals surface area contributed by atoms with E-state index in [-0.39, 0.29) is 0 Å². The number of aromatic nitrogens is 1. The molecule has 0 atom stereocenters. The maximum atomic E-state index is 4.93. The molecule has 27 heavy (non-hydrogen) atoms. The van der Waals surface area contributed by atoms with Crippen LogP contribution in [0.25, 0.3) is 27.4 Å². The van der Waals surface area contributed by atoms with Crippen molar-refractivity contribution in [3.63, 3.8) is 0 Å². The Bertz CT molecular complexity index is 1040. The summed E-state index contributed by atoms with van der Waals surface area (Å²) < 4.78 is 2.25. The van der Waals surface area contributed by atoms with Crippen molar-refractivity contribution in [2.24, 2.45) is 0 Å². The first-order chi connectivity index (χ1) is 13.2. The normalized spacial score (nSPS) is 12.0. The molecule has 1 heterocycles. The molecule has 0 amide bonds. The molecule has 0 fully saturated rings. The van der Waals surface area contributed by atoms with E-state index in [4.69, 9.17) is 17.0 Å². The fraction of sp³-hybridized carbons (Fsp3) is 0.0870. The zero-order chi connectivity index (χ0) is 19.1. The SMILES string of the molecule is CC1=[C-]CC=C1.[Cl][Zr+2][Cl].c1ccc2[cH-]c(-n3ccc4ccccc43)cc2c1. The van der Waals surface area contributed by atoms with Gasteiger partial charge in [-0.05, 0) is 23.2 Å². The zero-order valence-corrected chi connectivity index (χ0v) is 19.0. The number of allylic oxidation sites excluding steroid dienone is 4. The summed E-state index contributed by atoms with van der Waals surface area (Å²) >= 11 is -0.826. The van der Waals surface area contributed by atoms with Crippen LogP contribution in [0, 0.1) is 6.08 Å². The second-order valence-electron chi connectivity index (χ2n) is 6.12. The minimum absolute atomic E-state index is 0.826. The van der Waals surface area contributed by atoms with Crippen LogP contribution in [0.3, 0.4) is 0 Å². The van der Waals surface area contributed by atoms with E-state index >= 15 is 0 Å². The summed E-state index contributed by atoms with van der Waals surface area (Å²) in [6.07, 6.45) is 10.5. The van der Waals surface area contributed by atoms with Gasteiger partial charge in [-0.1, -0.05) is 31.2 Å². The molecule has 0 spiro atoms. The maximum absolute atomic E-state index is 4.93. The molecule has 1 aliphatic rings. The van der Waals surface area contributed by atoms with E-state index in [0.717, 1.165) is 6.42 Å². The van der Waals surface area contributed by atoms with Gasteiger partial charge in [-0.15, -0.1) is 47.5 Å². The predicted octanol–water partition coefficient (Wildman–Crippen LogP) is 7.57. The van der Waals surface area contributed by atoms with Gasteiger partial charge in [0, 0.05) is 6.20 Å². The van der Waals surface area contributed by atoms with Crippen molar-refractivity contribution in [2.75, 3.05) is 0 Å². The largest absolute Gasteiger partial charge is 0.335 e. The predicted molar refractivity (Wildman–Crippen MR) is 114 cm³/mol. The van der Waals surface area contributed by atoms with Gasteiger partial charge in [-0.3, -0.25) is 6.08 Å². The van der Waals surface area contributed by atoms with Gasteiger partial charge < -0.3 is 4.57 Å². The van der Waals surface area contributed by atoms with Gasteiger partial charge in [-0.2, -0.15) is 6.08 Å². The molecule has 0 saturated carbocycles. The first-order valence-corrected chi connectivity index (χ1v) is 15.0. The van der Waals surface area contributed by atoms with Crippen LogP contribution in [0.5, 0.6) is 0 Å². The summed E-state index contributed by atoms with van der Waals surface area (Å²) in [5.41, 5.74) is 3.76. The number of para-hydroxylation sites is 1. The average Bonchev–Trinajstić information content (AvgIpc) is 3.41. The van der Waals surface area contributed by atoms with Gasteiger partial charge in [0.2, 0.25) is 0 Å². The van der Waals surface area contributed by atoms with E-state index in [1.54, 1.807) is 0 Å². The van der Waals surface area contributed by atoms with Crippen molar-refractivity contribution in [3.05, 3.63) is 96.7 Å². The van der Waals surface area contributed by atoms with E-state index < -0.39 is 20.8 Å². The van der Waals surface area contributed by atoms with Gasteiger partial charge in [-0.25, -0.2) is 11.6 Å². The number of hydrogen-bond acceptors (Lipinski definition) is 0. The second kappa shape index (κ2) is 10.2. The zero-order valence-electron chi connectivity index (χ0n) is 15.0. The van der Waals surface area contributed by atoms with Crippen molar-refractivity contribution in [2.45, 2.75) is 13.3 Å². The summed E-state index contributed by atoms with van der Waals surface area (Å²) in [6.45, 7) is 2.06. The summed E-state index contributed by atoms with van der Waals surface area (Å²) in [4.78, 5) is 0. The van der Waals surface area contributed by atoms with Crippen molar-refractivity contribution in [1.29, 1.82) is 0 Å². The van der Waals surface area contributed by atoms with E-state index in [0.29, 0.717) is 0 Å². The summed E-state index contributed by atoms with van der Waals surface area (Å²) in [6, 6.07) is 23.6. The maximum Gasteiger partial charge on any atom is 0.0511 e. The Labute approximate surface area is 178 Å². The van der Waals surface area contributed by atoms with Crippen molar-refractivity contribution in [3.8, 4) is 5.69 Å². The standard InChI is InChI=1S/C17H12N.C6H7.2ClH.Zr/c1-2-7-15-12-16(11-14(15)6-1)18-10-9-13-5-3-4-8-17(13)18;1-6-4-2-3-5-6;;;/h1-12H;2,4H,3H2,1H3;2*1H;/q2*-1;;;+4/p-2. The smallest absolute Gasteiger partial charge is 0.0511 e. The van der Waals surface area contributed by atoms with E-state index in [9.17, 15) is 0 Å². The molecule has 1 nitrogen and oxygen atoms in total. The van der Waals surface area contributed by atoms with Crippen LogP contribution in [-0.4, -0.2) is 4.57 Å². The Hall–Kier alpha value is -1.47. The molecular formula is C23H19Cl2NZr. The Morgan fingerprint density at radius 2 is 1.70 bits per heavy atom. The summed E-state index contributed by atoms with van der Waals surface area (Å²) in [5, 5.41) is 3.87. The Kier molecular flexibility index (Phi) is 7.64. The van der Waals surface area contributed by atoms with Crippen LogP contribution in [-0.2, 0) is 20.8 Å². The first-order valence-electron chi connectivity index (χ1n) is 8.65. The minimum atomic E-state index is -0.826. The van der Waals surface area contributed by atoms with E-state index in [1.807, 2.05) is 0 Å². The van der Waals surface area contributed by atoms with Gasteiger partial charge >= 0.3 is 37.9 Å². The topological polar surface area (TPSA) is 4.93 Å². The molecule has 5 rings (SSSR count). The third-order valence-electron chi connectivity index (χ3n) is 4.35. The molecule has 3 aromatic carbocycles. The Morgan fingerprint density at radius 1 is 1.00 bits per heavy atom. The van der Waals surface area contributed by atoms with Crippen LogP contribution in [0.4, 0.5) is 0 Å². The third kappa shape index (κ3) is 5.29. The number of fused-ring (bicyclic) bond motifs is 2. The average molecular weight is 472 g/mol. The molecule has 0 N–H and O–H groups in total. The molecule has 0 unspecified atom stereocenters. The van der Waals surface area contributed by atoms with E-state index in [2.05, 4.69) is 103 Å². The van der Waals surface area contributed by atoms with E-state index in [1.165, 1.54) is 32.9 Å². The summed E-state index contributed by atoms with van der Waals surface area (Å²) in [5.74, 6) is 0. The molecule has 4 heteroatoms. The quantitative estimate of drug-likeness (QED) is 0.252. The third-order valence-corrected chi connectivity index (χ3v) is 4.35. The minimum Gasteiger partial charge on any atom is -0.335 e. The van der Waals surface area contributed by atoms with Crippen LogP contribution in [0.15, 0.2) is 90.7 Å². The molecule has 0 aliphatic heterocycles. The van der Waals surface area contributed by atoms with Crippen molar-refractivity contribution < 1.29 is 20.8 Å². The number of rotatable bonds is 1. The second-order valence-corrected chi connectivity index (χ2v) is 9.86. The fourth-order valence-electron chi connectivity index (χ4n) is 3.10. The monoisotopic (exact) mass is 469 g/mol. The van der Waals surface area contributed by atoms with Crippen molar-refractivity contribution in [1.82, 2.24) is 4.57 Å². The van der Waals surface area contributed by atoms with Crippen LogP contribution < -0.4 is 0 Å². The molecule has 134 valence electrons. The molecule has 1 aliphatic carbocycles. The van der Waals surface area contributed by atoms with Crippen molar-refractivity contribution >= 4 is 38.7 Å². The molecule has 0 radical (unpaired) electrons. The summed E-state index contributed by atoms with van der Waals surface area (Å²) in [7, 11) is 9.87. The fourth-order valence-corrected chi connectivity index (χ4v) is 3.10. The van der Waals surface area contributed by atoms with Gasteiger partial charge in [0.05, 0.1) is 5.52 Å². The first kappa shape index (κ1) is 20.3. The number of hydrogen-bond donors (Lipinski definition) is 0. The molecule has 0 saturated heterocycles. The number of benzene rings is 2. The molecule has 1 aromatic heterocycles. The van der Waals surface area contributed by atoms with Crippen LogP contribution in [0.2, 0.25) is 0 Å². The van der Waals surface area contributed by atoms with Crippen LogP contribution >= 0.6 is 17.0 Å². The van der Waals surface area contributed by atoms with Gasteiger partial charge in [0.1, 0.15) is 0 Å². The van der Waals surface area contributed by atoms with Gasteiger partial charge in [0.15, 0.2) is 0 Å². The molecule has 4 aromatic rings. The number of nitrogens with zero attached hydrogens (tertiary/aromatic N) is 1. The molecular weight excluding hydrogens is 452 g/mol. The van der Waals surface area contributed by atoms with Crippen LogP contribution in [0.1, 0.15) is 13.3 Å².